The lowest BCUT2D eigenvalue weighted by Crippen LogP contribution is -2.42. The molecule has 0 spiro atoms. The Morgan fingerprint density at radius 2 is 1.83 bits per heavy atom. The maximum Gasteiger partial charge on any atom is 0.338 e. The van der Waals surface area contributed by atoms with Crippen molar-refractivity contribution in [3.8, 4) is 0 Å². The molecule has 8 nitrogen and oxygen atoms in total. The average Bonchev–Trinajstić information content (AvgIpc) is 2.72. The van der Waals surface area contributed by atoms with Crippen molar-refractivity contribution in [2.75, 3.05) is 37.6 Å². The van der Waals surface area contributed by atoms with E-state index in [1.807, 2.05) is 13.0 Å². The molecule has 1 N–H and O–H groups in total. The lowest BCUT2D eigenvalue weighted by atomic mass is 10.2. The summed E-state index contributed by atoms with van der Waals surface area (Å²) in [6.07, 6.45) is 0. The second-order valence-corrected chi connectivity index (χ2v) is 8.25. The van der Waals surface area contributed by atoms with Gasteiger partial charge in [-0.05, 0) is 42.8 Å². The van der Waals surface area contributed by atoms with Crippen LogP contribution in [0.2, 0.25) is 0 Å². The summed E-state index contributed by atoms with van der Waals surface area (Å²) in [5.41, 5.74) is 1.38. The number of nitrogens with zero attached hydrogens (tertiary/aromatic N) is 1. The van der Waals surface area contributed by atoms with E-state index in [4.69, 9.17) is 9.47 Å². The molecule has 154 valence electrons. The molecule has 3 rings (SSSR count). The number of hydrogen-bond acceptors (Lipinski definition) is 6. The van der Waals surface area contributed by atoms with Gasteiger partial charge in [0.25, 0.3) is 15.9 Å². The van der Waals surface area contributed by atoms with Crippen molar-refractivity contribution in [1.29, 1.82) is 0 Å². The first-order valence-electron chi connectivity index (χ1n) is 9.07. The lowest BCUT2D eigenvalue weighted by Gasteiger charge is -2.26. The van der Waals surface area contributed by atoms with Gasteiger partial charge in [-0.2, -0.15) is 0 Å². The van der Waals surface area contributed by atoms with Crippen LogP contribution in [0.4, 0.5) is 5.69 Å². The van der Waals surface area contributed by atoms with Crippen LogP contribution in [-0.2, 0) is 24.3 Å². The van der Waals surface area contributed by atoms with Gasteiger partial charge < -0.3 is 14.4 Å². The molecule has 0 radical (unpaired) electrons. The van der Waals surface area contributed by atoms with Gasteiger partial charge in [-0.3, -0.25) is 9.52 Å². The summed E-state index contributed by atoms with van der Waals surface area (Å²) in [6.45, 7) is 3.26. The van der Waals surface area contributed by atoms with Crippen LogP contribution >= 0.6 is 0 Å². The Morgan fingerprint density at radius 3 is 2.55 bits per heavy atom. The molecular formula is C20H22N2O6S. The first-order chi connectivity index (χ1) is 13.8. The van der Waals surface area contributed by atoms with Gasteiger partial charge in [-0.25, -0.2) is 13.2 Å². The molecule has 1 aliphatic rings. The van der Waals surface area contributed by atoms with E-state index < -0.39 is 22.6 Å². The molecule has 1 amide bonds. The molecule has 0 aromatic heterocycles. The van der Waals surface area contributed by atoms with Crippen molar-refractivity contribution >= 4 is 27.6 Å². The van der Waals surface area contributed by atoms with E-state index in [2.05, 4.69) is 4.72 Å². The number of ether oxygens (including phenoxy) is 2. The van der Waals surface area contributed by atoms with Gasteiger partial charge in [0, 0.05) is 18.8 Å². The van der Waals surface area contributed by atoms with Crippen LogP contribution in [0.15, 0.2) is 53.4 Å². The summed E-state index contributed by atoms with van der Waals surface area (Å²) in [7, 11) is -3.88. The lowest BCUT2D eigenvalue weighted by molar-refractivity contribution is -0.138. The zero-order valence-electron chi connectivity index (χ0n) is 16.0. The van der Waals surface area contributed by atoms with E-state index in [1.54, 1.807) is 23.1 Å². The Morgan fingerprint density at radius 1 is 1.10 bits per heavy atom. The summed E-state index contributed by atoms with van der Waals surface area (Å²) in [6, 6.07) is 12.4. The molecule has 0 bridgehead atoms. The molecule has 1 saturated heterocycles. The van der Waals surface area contributed by atoms with Crippen LogP contribution in [0.3, 0.4) is 0 Å². The predicted octanol–water partition coefficient (Wildman–Crippen LogP) is 1.81. The standard InChI is InChI=1S/C20H22N2O6S/c1-15-4-2-6-17(12-15)21-29(25,26)18-7-3-5-16(13-18)20(24)28-14-19(23)22-8-10-27-11-9-22/h2-7,12-13,21H,8-11,14H2,1H3. The number of nitrogens with one attached hydrogen (secondary N) is 1. The minimum Gasteiger partial charge on any atom is -0.452 e. The fourth-order valence-electron chi connectivity index (χ4n) is 2.83. The monoisotopic (exact) mass is 418 g/mol. The second kappa shape index (κ2) is 9.06. The summed E-state index contributed by atoms with van der Waals surface area (Å²) >= 11 is 0. The molecule has 1 heterocycles. The second-order valence-electron chi connectivity index (χ2n) is 6.57. The van der Waals surface area contributed by atoms with Gasteiger partial charge in [0.2, 0.25) is 0 Å². The SMILES string of the molecule is Cc1cccc(NS(=O)(=O)c2cccc(C(=O)OCC(=O)N3CCOCC3)c2)c1. The smallest absolute Gasteiger partial charge is 0.338 e. The van der Waals surface area contributed by atoms with Gasteiger partial charge in [0.1, 0.15) is 0 Å². The number of carbonyl (C=O) groups excluding carboxylic acids is 2. The van der Waals surface area contributed by atoms with Crippen LogP contribution in [0.25, 0.3) is 0 Å². The van der Waals surface area contributed by atoms with Crippen LogP contribution in [0.5, 0.6) is 0 Å². The number of rotatable bonds is 6. The highest BCUT2D eigenvalue weighted by Crippen LogP contribution is 2.18. The molecule has 2 aromatic carbocycles. The van der Waals surface area contributed by atoms with Gasteiger partial charge >= 0.3 is 5.97 Å². The third kappa shape index (κ3) is 5.55. The number of esters is 1. The van der Waals surface area contributed by atoms with Crippen LogP contribution in [0, 0.1) is 6.92 Å². The Labute approximate surface area is 169 Å². The topological polar surface area (TPSA) is 102 Å². The molecule has 2 aromatic rings. The summed E-state index contributed by atoms with van der Waals surface area (Å²) < 4.78 is 38.0. The van der Waals surface area contributed by atoms with E-state index in [0.29, 0.717) is 32.0 Å². The van der Waals surface area contributed by atoms with E-state index in [1.165, 1.54) is 24.3 Å². The quantitative estimate of drug-likeness (QED) is 0.718. The van der Waals surface area contributed by atoms with E-state index >= 15 is 0 Å². The molecule has 1 fully saturated rings. The minimum absolute atomic E-state index is 0.0481. The van der Waals surface area contributed by atoms with Gasteiger partial charge in [-0.1, -0.05) is 18.2 Å². The van der Waals surface area contributed by atoms with Crippen molar-refractivity contribution in [3.05, 3.63) is 59.7 Å². The Balaban J connectivity index is 1.66. The van der Waals surface area contributed by atoms with Crippen molar-refractivity contribution < 1.29 is 27.5 Å². The fraction of sp³-hybridized carbons (Fsp3) is 0.300. The maximum atomic E-state index is 12.6. The van der Waals surface area contributed by atoms with Crippen molar-refractivity contribution in [3.63, 3.8) is 0 Å². The fourth-order valence-corrected chi connectivity index (χ4v) is 3.92. The molecule has 29 heavy (non-hydrogen) atoms. The highest BCUT2D eigenvalue weighted by Gasteiger charge is 2.20. The van der Waals surface area contributed by atoms with Crippen molar-refractivity contribution in [2.24, 2.45) is 0 Å². The number of hydrogen-bond donors (Lipinski definition) is 1. The average molecular weight is 418 g/mol. The number of carbonyl (C=O) groups is 2. The summed E-state index contributed by atoms with van der Waals surface area (Å²) in [5.74, 6) is -1.08. The number of aryl methyl sites for hydroxylation is 1. The molecule has 1 aliphatic heterocycles. The first-order valence-corrected chi connectivity index (χ1v) is 10.6. The predicted molar refractivity (Wildman–Crippen MR) is 106 cm³/mol. The normalized spacial score (nSPS) is 14.3. The highest BCUT2D eigenvalue weighted by atomic mass is 32.2. The summed E-state index contributed by atoms with van der Waals surface area (Å²) in [5, 5.41) is 0. The zero-order chi connectivity index (χ0) is 20.9. The van der Waals surface area contributed by atoms with Crippen LogP contribution < -0.4 is 4.72 Å². The van der Waals surface area contributed by atoms with Crippen molar-refractivity contribution in [2.45, 2.75) is 11.8 Å². The molecule has 0 unspecified atom stereocenters. The van der Waals surface area contributed by atoms with E-state index in [-0.39, 0.29) is 16.4 Å². The number of benzene rings is 2. The van der Waals surface area contributed by atoms with Gasteiger partial charge in [-0.15, -0.1) is 0 Å². The third-order valence-corrected chi connectivity index (χ3v) is 5.72. The third-order valence-electron chi connectivity index (χ3n) is 4.34. The highest BCUT2D eigenvalue weighted by molar-refractivity contribution is 7.92. The van der Waals surface area contributed by atoms with Gasteiger partial charge in [0.05, 0.1) is 23.7 Å². The molecule has 9 heteroatoms. The zero-order valence-corrected chi connectivity index (χ0v) is 16.8. The molecule has 0 aliphatic carbocycles. The van der Waals surface area contributed by atoms with Crippen LogP contribution in [-0.4, -0.2) is 58.1 Å². The van der Waals surface area contributed by atoms with Crippen LogP contribution in [0.1, 0.15) is 15.9 Å². The minimum atomic E-state index is -3.88. The Hall–Kier alpha value is -2.91. The number of sulfonamides is 1. The first kappa shape index (κ1) is 20.8. The largest absolute Gasteiger partial charge is 0.452 e. The van der Waals surface area contributed by atoms with E-state index in [0.717, 1.165) is 5.56 Å². The summed E-state index contributed by atoms with van der Waals surface area (Å²) in [4.78, 5) is 25.8. The Kier molecular flexibility index (Phi) is 6.50. The molecule has 0 saturated carbocycles. The van der Waals surface area contributed by atoms with Crippen molar-refractivity contribution in [1.82, 2.24) is 4.90 Å². The Bertz CT molecular complexity index is 1000. The number of amides is 1. The molecular weight excluding hydrogens is 396 g/mol. The maximum absolute atomic E-state index is 12.6. The van der Waals surface area contributed by atoms with Gasteiger partial charge in [0.15, 0.2) is 6.61 Å². The number of anilines is 1. The molecule has 0 atom stereocenters. The number of morpholine rings is 1. The van der Waals surface area contributed by atoms with E-state index in [9.17, 15) is 18.0 Å².